The van der Waals surface area contributed by atoms with Crippen molar-refractivity contribution in [3.05, 3.63) is 57.6 Å². The number of aromatic carboxylic acids is 1. The zero-order valence-electron chi connectivity index (χ0n) is 11.1. The first-order chi connectivity index (χ1) is 9.90. The number of rotatable bonds is 3. The van der Waals surface area contributed by atoms with Gasteiger partial charge >= 0.3 is 5.97 Å². The minimum absolute atomic E-state index is 0.252. The van der Waals surface area contributed by atoms with E-state index in [2.05, 4.69) is 21.2 Å². The van der Waals surface area contributed by atoms with E-state index in [-0.39, 0.29) is 17.2 Å². The van der Waals surface area contributed by atoms with Crippen molar-refractivity contribution in [2.24, 2.45) is 0 Å². The number of carboxylic acid groups (broad SMARTS) is 1. The minimum Gasteiger partial charge on any atom is -0.507 e. The standard InChI is InChI=1S/C15H12BrNO4/c1-8-6-9(7-11(13(8)18)15(20)21)17-14(19)10-4-2-3-5-12(10)16/h2-7,18H,1H3,(H,17,19)(H,20,21). The molecule has 0 aliphatic carbocycles. The summed E-state index contributed by atoms with van der Waals surface area (Å²) in [6.45, 7) is 1.57. The maximum absolute atomic E-state index is 12.2. The number of carbonyl (C=O) groups is 2. The van der Waals surface area contributed by atoms with Gasteiger partial charge in [0.2, 0.25) is 0 Å². The van der Waals surface area contributed by atoms with E-state index in [1.807, 2.05) is 0 Å². The number of hydrogen-bond donors (Lipinski definition) is 3. The lowest BCUT2D eigenvalue weighted by atomic mass is 10.1. The number of carboxylic acids is 1. The lowest BCUT2D eigenvalue weighted by Gasteiger charge is -2.10. The molecule has 21 heavy (non-hydrogen) atoms. The van der Waals surface area contributed by atoms with E-state index in [0.717, 1.165) is 0 Å². The number of nitrogens with one attached hydrogen (secondary N) is 1. The van der Waals surface area contributed by atoms with Crippen molar-refractivity contribution in [1.29, 1.82) is 0 Å². The first-order valence-electron chi connectivity index (χ1n) is 6.03. The van der Waals surface area contributed by atoms with Crippen LogP contribution in [-0.4, -0.2) is 22.1 Å². The van der Waals surface area contributed by atoms with Gasteiger partial charge in [-0.2, -0.15) is 0 Å². The van der Waals surface area contributed by atoms with Crippen molar-refractivity contribution in [1.82, 2.24) is 0 Å². The van der Waals surface area contributed by atoms with Crippen LogP contribution in [-0.2, 0) is 0 Å². The number of halogens is 1. The van der Waals surface area contributed by atoms with E-state index in [1.54, 1.807) is 31.2 Å². The van der Waals surface area contributed by atoms with Crippen LogP contribution in [0, 0.1) is 6.92 Å². The molecule has 2 aromatic rings. The Bertz CT molecular complexity index is 728. The molecule has 5 nitrogen and oxygen atoms in total. The van der Waals surface area contributed by atoms with Crippen LogP contribution in [0.4, 0.5) is 5.69 Å². The van der Waals surface area contributed by atoms with Gasteiger partial charge in [0.15, 0.2) is 0 Å². The lowest BCUT2D eigenvalue weighted by molar-refractivity contribution is 0.0693. The Kier molecular flexibility index (Phi) is 4.28. The Balaban J connectivity index is 2.34. The van der Waals surface area contributed by atoms with Gasteiger partial charge in [0.05, 0.1) is 5.56 Å². The first-order valence-corrected chi connectivity index (χ1v) is 6.82. The monoisotopic (exact) mass is 349 g/mol. The Morgan fingerprint density at radius 2 is 1.81 bits per heavy atom. The summed E-state index contributed by atoms with van der Waals surface area (Å²) >= 11 is 3.28. The van der Waals surface area contributed by atoms with Crippen LogP contribution in [0.1, 0.15) is 26.3 Å². The molecule has 108 valence electrons. The molecule has 0 fully saturated rings. The van der Waals surface area contributed by atoms with E-state index >= 15 is 0 Å². The van der Waals surface area contributed by atoms with Gasteiger partial charge in [-0.15, -0.1) is 0 Å². The van der Waals surface area contributed by atoms with Crippen LogP contribution in [0.15, 0.2) is 40.9 Å². The lowest BCUT2D eigenvalue weighted by Crippen LogP contribution is -2.13. The second kappa shape index (κ2) is 5.97. The summed E-state index contributed by atoms with van der Waals surface area (Å²) in [6, 6.07) is 9.62. The van der Waals surface area contributed by atoms with Crippen molar-refractivity contribution in [3.63, 3.8) is 0 Å². The summed E-state index contributed by atoms with van der Waals surface area (Å²) in [4.78, 5) is 23.2. The van der Waals surface area contributed by atoms with Crippen LogP contribution in [0.25, 0.3) is 0 Å². The number of aromatic hydroxyl groups is 1. The van der Waals surface area contributed by atoms with Gasteiger partial charge in [-0.05, 0) is 52.7 Å². The average Bonchev–Trinajstić information content (AvgIpc) is 2.42. The number of benzene rings is 2. The maximum Gasteiger partial charge on any atom is 0.339 e. The highest BCUT2D eigenvalue weighted by atomic mass is 79.9. The van der Waals surface area contributed by atoms with Crippen LogP contribution < -0.4 is 5.32 Å². The molecule has 3 N–H and O–H groups in total. The molecular formula is C15H12BrNO4. The van der Waals surface area contributed by atoms with Crippen LogP contribution in [0.5, 0.6) is 5.75 Å². The normalized spacial score (nSPS) is 10.2. The molecule has 0 heterocycles. The smallest absolute Gasteiger partial charge is 0.339 e. The maximum atomic E-state index is 12.2. The molecule has 0 spiro atoms. The van der Waals surface area contributed by atoms with E-state index in [9.17, 15) is 14.7 Å². The third-order valence-electron chi connectivity index (χ3n) is 2.91. The van der Waals surface area contributed by atoms with Gasteiger partial charge < -0.3 is 15.5 Å². The largest absolute Gasteiger partial charge is 0.507 e. The molecule has 0 aliphatic heterocycles. The Morgan fingerprint density at radius 1 is 1.14 bits per heavy atom. The molecule has 0 saturated carbocycles. The topological polar surface area (TPSA) is 86.6 Å². The zero-order valence-corrected chi connectivity index (χ0v) is 12.6. The number of carbonyl (C=O) groups excluding carboxylic acids is 1. The predicted molar refractivity (Wildman–Crippen MR) is 81.9 cm³/mol. The van der Waals surface area contributed by atoms with Crippen LogP contribution in [0.3, 0.4) is 0 Å². The molecule has 0 aliphatic rings. The highest BCUT2D eigenvalue weighted by Gasteiger charge is 2.15. The van der Waals surface area contributed by atoms with E-state index in [4.69, 9.17) is 5.11 Å². The summed E-state index contributed by atoms with van der Waals surface area (Å²) in [5, 5.41) is 21.3. The molecule has 2 aromatic carbocycles. The van der Waals surface area contributed by atoms with E-state index in [1.165, 1.54) is 12.1 Å². The predicted octanol–water partition coefficient (Wildman–Crippen LogP) is 3.41. The quantitative estimate of drug-likeness (QED) is 0.741. The van der Waals surface area contributed by atoms with Gasteiger partial charge in [0, 0.05) is 10.2 Å². The highest BCUT2D eigenvalue weighted by Crippen LogP contribution is 2.27. The Labute approximate surface area is 129 Å². The van der Waals surface area contributed by atoms with Gasteiger partial charge in [0.1, 0.15) is 11.3 Å². The van der Waals surface area contributed by atoms with Crippen LogP contribution >= 0.6 is 15.9 Å². The summed E-state index contributed by atoms with van der Waals surface area (Å²) < 4.78 is 0.636. The molecule has 6 heteroatoms. The number of amides is 1. The molecule has 0 bridgehead atoms. The summed E-state index contributed by atoms with van der Waals surface area (Å²) in [5.41, 5.74) is 0.860. The third kappa shape index (κ3) is 3.22. The Morgan fingerprint density at radius 3 is 2.43 bits per heavy atom. The molecular weight excluding hydrogens is 338 g/mol. The molecule has 2 rings (SSSR count). The number of anilines is 1. The molecule has 1 amide bonds. The fourth-order valence-corrected chi connectivity index (χ4v) is 2.32. The van der Waals surface area contributed by atoms with Crippen LogP contribution in [0.2, 0.25) is 0 Å². The molecule has 0 radical (unpaired) electrons. The number of hydrogen-bond acceptors (Lipinski definition) is 3. The summed E-state index contributed by atoms with van der Waals surface area (Å²) in [5.74, 6) is -1.93. The van der Waals surface area contributed by atoms with E-state index in [0.29, 0.717) is 21.3 Å². The fraction of sp³-hybridized carbons (Fsp3) is 0.0667. The second-order valence-corrected chi connectivity index (χ2v) is 5.28. The van der Waals surface area contributed by atoms with Gasteiger partial charge in [-0.1, -0.05) is 12.1 Å². The van der Waals surface area contributed by atoms with Gasteiger partial charge in [-0.3, -0.25) is 4.79 Å². The molecule has 0 unspecified atom stereocenters. The molecule has 0 saturated heterocycles. The first kappa shape index (κ1) is 15.1. The number of aryl methyl sites for hydroxylation is 1. The summed E-state index contributed by atoms with van der Waals surface area (Å²) in [7, 11) is 0. The average molecular weight is 350 g/mol. The van der Waals surface area contributed by atoms with Crippen molar-refractivity contribution < 1.29 is 19.8 Å². The zero-order chi connectivity index (χ0) is 15.6. The minimum atomic E-state index is -1.26. The third-order valence-corrected chi connectivity index (χ3v) is 3.60. The number of phenols is 1. The van der Waals surface area contributed by atoms with Crippen molar-refractivity contribution in [2.45, 2.75) is 6.92 Å². The highest BCUT2D eigenvalue weighted by molar-refractivity contribution is 9.10. The molecule has 0 atom stereocenters. The Hall–Kier alpha value is -2.34. The molecule has 0 aromatic heterocycles. The van der Waals surface area contributed by atoms with Gasteiger partial charge in [0.25, 0.3) is 5.91 Å². The van der Waals surface area contributed by atoms with Crippen molar-refractivity contribution >= 4 is 33.5 Å². The summed E-state index contributed by atoms with van der Waals surface area (Å²) in [6.07, 6.45) is 0. The van der Waals surface area contributed by atoms with Gasteiger partial charge in [-0.25, -0.2) is 4.79 Å². The second-order valence-electron chi connectivity index (χ2n) is 4.43. The SMILES string of the molecule is Cc1cc(NC(=O)c2ccccc2Br)cc(C(=O)O)c1O. The van der Waals surface area contributed by atoms with Crippen molar-refractivity contribution in [2.75, 3.05) is 5.32 Å². The fourth-order valence-electron chi connectivity index (χ4n) is 1.86. The van der Waals surface area contributed by atoms with E-state index < -0.39 is 5.97 Å². The van der Waals surface area contributed by atoms with Crippen molar-refractivity contribution in [3.8, 4) is 5.75 Å².